The molecule has 1 saturated carbocycles. The summed E-state index contributed by atoms with van der Waals surface area (Å²) in [5.74, 6) is 0.115. The zero-order chi connectivity index (χ0) is 28.7. The maximum atomic E-state index is 12.7. The van der Waals surface area contributed by atoms with Crippen molar-refractivity contribution in [3.63, 3.8) is 0 Å². The monoisotopic (exact) mass is 550 g/mol. The van der Waals surface area contributed by atoms with Crippen LogP contribution in [0.1, 0.15) is 130 Å². The number of hydrogen-bond acceptors (Lipinski definition) is 6. The molecule has 6 nitrogen and oxygen atoms in total. The van der Waals surface area contributed by atoms with Crippen LogP contribution < -0.4 is 4.74 Å². The molecule has 0 amide bonds. The molecule has 0 unspecified atom stereocenters. The van der Waals surface area contributed by atoms with Gasteiger partial charge in [0.2, 0.25) is 0 Å². The maximum Gasteiger partial charge on any atom is 0.347 e. The predicted molar refractivity (Wildman–Crippen MR) is 157 cm³/mol. The van der Waals surface area contributed by atoms with Gasteiger partial charge in [0.15, 0.2) is 6.10 Å². The Balaban J connectivity index is 1.41. The molecule has 0 saturated heterocycles. The smallest absolute Gasteiger partial charge is 0.347 e. The fourth-order valence-corrected chi connectivity index (χ4v) is 5.36. The molecular formula is C34H46O6. The van der Waals surface area contributed by atoms with E-state index in [0.29, 0.717) is 23.8 Å². The summed E-state index contributed by atoms with van der Waals surface area (Å²) < 4.78 is 16.0. The zero-order valence-electron chi connectivity index (χ0n) is 24.5. The third-order valence-corrected chi connectivity index (χ3v) is 7.82. The van der Waals surface area contributed by atoms with Crippen LogP contribution in [0.4, 0.5) is 0 Å². The van der Waals surface area contributed by atoms with Gasteiger partial charge >= 0.3 is 17.9 Å². The van der Waals surface area contributed by atoms with E-state index in [-0.39, 0.29) is 5.56 Å². The number of carbonyl (C=O) groups excluding carboxylic acids is 3. The van der Waals surface area contributed by atoms with Gasteiger partial charge in [-0.05, 0) is 92.8 Å². The second-order valence-electron chi connectivity index (χ2n) is 11.0. The molecule has 0 N–H and O–H groups in total. The van der Waals surface area contributed by atoms with Gasteiger partial charge in [-0.1, -0.05) is 70.9 Å². The van der Waals surface area contributed by atoms with Gasteiger partial charge in [-0.15, -0.1) is 0 Å². The Morgan fingerprint density at radius 2 is 1.35 bits per heavy atom. The van der Waals surface area contributed by atoms with Crippen molar-refractivity contribution in [2.75, 3.05) is 6.61 Å². The van der Waals surface area contributed by atoms with Crippen LogP contribution in [0.15, 0.2) is 48.5 Å². The normalized spacial score (nSPS) is 17.6. The van der Waals surface area contributed by atoms with Crippen molar-refractivity contribution in [2.45, 2.75) is 110 Å². The van der Waals surface area contributed by atoms with Gasteiger partial charge in [0.1, 0.15) is 5.75 Å². The molecule has 3 rings (SSSR count). The molecule has 0 radical (unpaired) electrons. The lowest BCUT2D eigenvalue weighted by Crippen LogP contribution is -2.26. The van der Waals surface area contributed by atoms with E-state index >= 15 is 0 Å². The number of unbranched alkanes of at least 4 members (excludes halogenated alkanes) is 5. The Bertz CT molecular complexity index is 1050. The van der Waals surface area contributed by atoms with Crippen LogP contribution >= 0.6 is 0 Å². The summed E-state index contributed by atoms with van der Waals surface area (Å²) in [4.78, 5) is 37.3. The third kappa shape index (κ3) is 10.1. The highest BCUT2D eigenvalue weighted by Gasteiger charge is 2.23. The predicted octanol–water partition coefficient (Wildman–Crippen LogP) is 8.43. The average molecular weight is 551 g/mol. The van der Waals surface area contributed by atoms with Gasteiger partial charge in [0.25, 0.3) is 0 Å². The summed E-state index contributed by atoms with van der Waals surface area (Å²) in [6, 6.07) is 13.8. The lowest BCUT2D eigenvalue weighted by Gasteiger charge is -2.28. The van der Waals surface area contributed by atoms with Gasteiger partial charge in [-0.3, -0.25) is 0 Å². The summed E-state index contributed by atoms with van der Waals surface area (Å²) in [6.07, 6.45) is 13.2. The topological polar surface area (TPSA) is 78.9 Å². The molecule has 40 heavy (non-hydrogen) atoms. The summed E-state index contributed by atoms with van der Waals surface area (Å²) in [6.45, 7) is 6.26. The molecule has 218 valence electrons. The highest BCUT2D eigenvalue weighted by atomic mass is 16.6. The van der Waals surface area contributed by atoms with E-state index in [1.54, 1.807) is 12.1 Å². The number of carbonyl (C=O) groups is 3. The van der Waals surface area contributed by atoms with E-state index in [9.17, 15) is 14.4 Å². The van der Waals surface area contributed by atoms with Crippen LogP contribution in [-0.4, -0.2) is 30.6 Å². The fraction of sp³-hybridized carbons (Fsp3) is 0.559. The van der Waals surface area contributed by atoms with Gasteiger partial charge < -0.3 is 14.2 Å². The Hall–Kier alpha value is -3.15. The first-order valence-corrected chi connectivity index (χ1v) is 15.2. The van der Waals surface area contributed by atoms with Crippen LogP contribution in [0.3, 0.4) is 0 Å². The molecule has 1 fully saturated rings. The SMILES string of the molecule is CCCCCCCCOC(=O)[C@@H](C)OC(=O)c1ccc(OC(=O)c2ccc(C3CCC(CCC)CC3)cc2)cc1. The van der Waals surface area contributed by atoms with E-state index in [0.717, 1.165) is 25.2 Å². The quantitative estimate of drug-likeness (QED) is 0.126. The number of ether oxygens (including phenoxy) is 3. The van der Waals surface area contributed by atoms with E-state index in [1.807, 2.05) is 24.3 Å². The van der Waals surface area contributed by atoms with Crippen molar-refractivity contribution in [3.05, 3.63) is 65.2 Å². The molecule has 0 aromatic heterocycles. The maximum absolute atomic E-state index is 12.7. The highest BCUT2D eigenvalue weighted by Crippen LogP contribution is 2.37. The first-order valence-electron chi connectivity index (χ1n) is 15.2. The van der Waals surface area contributed by atoms with Crippen molar-refractivity contribution in [2.24, 2.45) is 5.92 Å². The van der Waals surface area contributed by atoms with Gasteiger partial charge in [-0.2, -0.15) is 0 Å². The first-order chi connectivity index (χ1) is 19.4. The minimum absolute atomic E-state index is 0.258. The minimum atomic E-state index is -1.00. The Morgan fingerprint density at radius 1 is 0.750 bits per heavy atom. The van der Waals surface area contributed by atoms with Crippen molar-refractivity contribution in [1.82, 2.24) is 0 Å². The summed E-state index contributed by atoms with van der Waals surface area (Å²) in [5, 5.41) is 0. The number of benzene rings is 2. The van der Waals surface area contributed by atoms with Gasteiger partial charge in [-0.25, -0.2) is 14.4 Å². The number of rotatable bonds is 15. The molecule has 2 aromatic rings. The van der Waals surface area contributed by atoms with Crippen molar-refractivity contribution in [1.29, 1.82) is 0 Å². The van der Waals surface area contributed by atoms with E-state index in [4.69, 9.17) is 14.2 Å². The number of hydrogen-bond donors (Lipinski definition) is 0. The molecule has 0 bridgehead atoms. The van der Waals surface area contributed by atoms with E-state index in [2.05, 4.69) is 13.8 Å². The zero-order valence-corrected chi connectivity index (χ0v) is 24.5. The average Bonchev–Trinajstić information content (AvgIpc) is 2.97. The van der Waals surface area contributed by atoms with Crippen LogP contribution in [0.2, 0.25) is 0 Å². The van der Waals surface area contributed by atoms with E-state index < -0.39 is 24.0 Å². The summed E-state index contributed by atoms with van der Waals surface area (Å²) in [5.41, 5.74) is 2.03. The Kier molecular flexibility index (Phi) is 13.2. The van der Waals surface area contributed by atoms with Crippen LogP contribution in [-0.2, 0) is 14.3 Å². The second-order valence-corrected chi connectivity index (χ2v) is 11.0. The van der Waals surface area contributed by atoms with E-state index in [1.165, 1.54) is 82.4 Å². The van der Waals surface area contributed by atoms with Crippen LogP contribution in [0, 0.1) is 5.92 Å². The lowest BCUT2D eigenvalue weighted by molar-refractivity contribution is -0.153. The number of esters is 3. The third-order valence-electron chi connectivity index (χ3n) is 7.82. The highest BCUT2D eigenvalue weighted by molar-refractivity contribution is 5.92. The molecule has 0 heterocycles. The van der Waals surface area contributed by atoms with Crippen LogP contribution in [0.5, 0.6) is 5.75 Å². The molecule has 6 heteroatoms. The molecule has 1 atom stereocenters. The lowest BCUT2D eigenvalue weighted by atomic mass is 9.77. The van der Waals surface area contributed by atoms with Crippen LogP contribution in [0.25, 0.3) is 0 Å². The summed E-state index contributed by atoms with van der Waals surface area (Å²) >= 11 is 0. The summed E-state index contributed by atoms with van der Waals surface area (Å²) in [7, 11) is 0. The Labute approximate surface area is 239 Å². The molecule has 0 aliphatic heterocycles. The second kappa shape index (κ2) is 16.8. The Morgan fingerprint density at radius 3 is 2.00 bits per heavy atom. The molecule has 2 aromatic carbocycles. The van der Waals surface area contributed by atoms with Crippen molar-refractivity contribution in [3.8, 4) is 5.75 Å². The standard InChI is InChI=1S/C34H46O6/c1-4-6-7-8-9-10-24-38-32(35)25(3)39-33(36)30-20-22-31(23-21-30)40-34(37)29-18-16-28(17-19-29)27-14-12-26(11-5-2)13-15-27/h16-23,25-27H,4-15,24H2,1-3H3/t25-,26?,27?/m1/s1. The first kappa shape index (κ1) is 31.4. The van der Waals surface area contributed by atoms with Crippen molar-refractivity contribution >= 4 is 17.9 Å². The van der Waals surface area contributed by atoms with Gasteiger partial charge in [0, 0.05) is 0 Å². The molecule has 0 spiro atoms. The van der Waals surface area contributed by atoms with Gasteiger partial charge in [0.05, 0.1) is 17.7 Å². The largest absolute Gasteiger partial charge is 0.463 e. The molecular weight excluding hydrogens is 504 g/mol. The minimum Gasteiger partial charge on any atom is -0.463 e. The van der Waals surface area contributed by atoms with Crippen molar-refractivity contribution < 1.29 is 28.6 Å². The molecule has 1 aliphatic rings. The fourth-order valence-electron chi connectivity index (χ4n) is 5.36. The molecule has 1 aliphatic carbocycles.